The molecule has 6 nitrogen and oxygen atoms in total. The Morgan fingerprint density at radius 2 is 1.85 bits per heavy atom. The first-order chi connectivity index (χ1) is 9.43. The molecule has 1 aromatic carbocycles. The van der Waals surface area contributed by atoms with Gasteiger partial charge in [0.1, 0.15) is 0 Å². The zero-order chi connectivity index (χ0) is 15.1. The number of carboxylic acid groups (broad SMARTS) is 2. The van der Waals surface area contributed by atoms with Crippen LogP contribution in [0.4, 0.5) is 0 Å². The fourth-order valence-electron chi connectivity index (χ4n) is 1.79. The summed E-state index contributed by atoms with van der Waals surface area (Å²) in [5, 5.41) is 17.5. The number of hydrogen-bond acceptors (Lipinski definition) is 4. The molecule has 1 rings (SSSR count). The summed E-state index contributed by atoms with van der Waals surface area (Å²) in [4.78, 5) is 33.1. The molecular weight excluding hydrogens is 264 g/mol. The van der Waals surface area contributed by atoms with Crippen molar-refractivity contribution in [3.63, 3.8) is 0 Å². The van der Waals surface area contributed by atoms with E-state index in [0.29, 0.717) is 11.1 Å². The van der Waals surface area contributed by atoms with E-state index in [4.69, 9.17) is 14.9 Å². The van der Waals surface area contributed by atoms with Gasteiger partial charge in [0.25, 0.3) is 0 Å². The molecule has 0 atom stereocenters. The van der Waals surface area contributed by atoms with E-state index < -0.39 is 17.9 Å². The molecule has 0 saturated heterocycles. The van der Waals surface area contributed by atoms with Gasteiger partial charge in [-0.2, -0.15) is 0 Å². The van der Waals surface area contributed by atoms with E-state index in [1.165, 1.54) is 12.1 Å². The van der Waals surface area contributed by atoms with Crippen LogP contribution in [-0.2, 0) is 27.2 Å². The van der Waals surface area contributed by atoms with Gasteiger partial charge in [-0.25, -0.2) is 4.79 Å². The molecule has 0 aliphatic carbocycles. The van der Waals surface area contributed by atoms with Crippen LogP contribution in [0.5, 0.6) is 0 Å². The smallest absolute Gasteiger partial charge is 0.338 e. The maximum atomic E-state index is 11.8. The molecule has 0 aliphatic rings. The summed E-state index contributed by atoms with van der Waals surface area (Å²) in [5.74, 6) is -2.50. The summed E-state index contributed by atoms with van der Waals surface area (Å²) in [6.45, 7) is 1.89. The van der Waals surface area contributed by atoms with Crippen LogP contribution >= 0.6 is 0 Å². The Balaban J connectivity index is 3.05. The topological polar surface area (TPSA) is 101 Å². The molecule has 108 valence electrons. The minimum atomic E-state index is -0.988. The van der Waals surface area contributed by atoms with Crippen molar-refractivity contribution in [1.29, 1.82) is 0 Å². The highest BCUT2D eigenvalue weighted by Crippen LogP contribution is 2.16. The number of ether oxygens (including phenoxy) is 1. The molecule has 2 N–H and O–H groups in total. The normalized spacial score (nSPS) is 10.1. The van der Waals surface area contributed by atoms with Gasteiger partial charge < -0.3 is 14.9 Å². The van der Waals surface area contributed by atoms with E-state index in [0.717, 1.165) is 0 Å². The maximum Gasteiger partial charge on any atom is 0.338 e. The van der Waals surface area contributed by atoms with E-state index in [1.807, 2.05) is 0 Å². The van der Waals surface area contributed by atoms with Crippen LogP contribution in [-0.4, -0.2) is 34.7 Å². The van der Waals surface area contributed by atoms with E-state index >= 15 is 0 Å². The summed E-state index contributed by atoms with van der Waals surface area (Å²) in [5.41, 5.74) is 1.29. The summed E-state index contributed by atoms with van der Waals surface area (Å²) >= 11 is 0. The van der Waals surface area contributed by atoms with Crippen LogP contribution in [0.1, 0.15) is 34.8 Å². The van der Waals surface area contributed by atoms with Crippen LogP contribution in [0, 0.1) is 0 Å². The van der Waals surface area contributed by atoms with Gasteiger partial charge in [-0.15, -0.1) is 0 Å². The quantitative estimate of drug-likeness (QED) is 0.734. The van der Waals surface area contributed by atoms with Crippen molar-refractivity contribution in [3.05, 3.63) is 34.9 Å². The molecule has 0 heterocycles. The van der Waals surface area contributed by atoms with Gasteiger partial charge >= 0.3 is 17.9 Å². The number of aryl methyl sites for hydroxylation is 1. The molecule has 0 amide bonds. The monoisotopic (exact) mass is 280 g/mol. The molecule has 0 radical (unpaired) electrons. The first-order valence-corrected chi connectivity index (χ1v) is 6.16. The molecule has 0 aromatic heterocycles. The maximum absolute atomic E-state index is 11.8. The molecule has 0 saturated carbocycles. The van der Waals surface area contributed by atoms with Crippen molar-refractivity contribution < 1.29 is 29.3 Å². The Morgan fingerprint density at radius 1 is 1.15 bits per heavy atom. The molecule has 6 heteroatoms. The van der Waals surface area contributed by atoms with E-state index in [-0.39, 0.29) is 31.4 Å². The van der Waals surface area contributed by atoms with E-state index in [2.05, 4.69) is 0 Å². The number of esters is 1. The van der Waals surface area contributed by atoms with Gasteiger partial charge in [-0.3, -0.25) is 9.59 Å². The molecular formula is C14H16O6. The second-order valence-corrected chi connectivity index (χ2v) is 4.18. The predicted octanol–water partition coefficient (Wildman–Crippen LogP) is 1.51. The Labute approximate surface area is 116 Å². The summed E-state index contributed by atoms with van der Waals surface area (Å²) < 4.78 is 4.89. The lowest BCUT2D eigenvalue weighted by atomic mass is 9.98. The highest BCUT2D eigenvalue weighted by atomic mass is 16.5. The fourth-order valence-corrected chi connectivity index (χ4v) is 1.79. The molecule has 1 aromatic rings. The number of benzene rings is 1. The number of rotatable bonds is 7. The highest BCUT2D eigenvalue weighted by molar-refractivity contribution is 5.91. The average molecular weight is 280 g/mol. The Morgan fingerprint density at radius 3 is 2.40 bits per heavy atom. The summed E-state index contributed by atoms with van der Waals surface area (Å²) in [7, 11) is 0. The lowest BCUT2D eigenvalue weighted by molar-refractivity contribution is -0.137. The van der Waals surface area contributed by atoms with Crippen LogP contribution in [0.25, 0.3) is 0 Å². The second kappa shape index (κ2) is 7.28. The van der Waals surface area contributed by atoms with Crippen LogP contribution in [0.3, 0.4) is 0 Å². The van der Waals surface area contributed by atoms with Crippen molar-refractivity contribution in [1.82, 2.24) is 0 Å². The zero-order valence-corrected chi connectivity index (χ0v) is 11.1. The third kappa shape index (κ3) is 4.72. The highest BCUT2D eigenvalue weighted by Gasteiger charge is 2.15. The van der Waals surface area contributed by atoms with Gasteiger partial charge in [0.05, 0.1) is 18.6 Å². The number of carbonyl (C=O) groups is 3. The molecule has 0 fully saturated rings. The summed E-state index contributed by atoms with van der Waals surface area (Å²) in [6.07, 6.45) is -0.164. The number of hydrogen-bond donors (Lipinski definition) is 2. The number of aliphatic carboxylic acids is 2. The molecule has 0 bridgehead atoms. The van der Waals surface area contributed by atoms with E-state index in [9.17, 15) is 14.4 Å². The largest absolute Gasteiger partial charge is 0.481 e. The third-order valence-corrected chi connectivity index (χ3v) is 2.63. The fraction of sp³-hybridized carbons (Fsp3) is 0.357. The molecule has 0 spiro atoms. The van der Waals surface area contributed by atoms with Crippen LogP contribution in [0.2, 0.25) is 0 Å². The standard InChI is InChI=1S/C14H16O6/c1-2-20-14(19)11-5-3-9(8-13(17)18)7-10(11)4-6-12(15)16/h3,5,7H,2,4,6,8H2,1H3,(H,15,16)(H,17,18). The van der Waals surface area contributed by atoms with Crippen molar-refractivity contribution in [2.75, 3.05) is 6.61 Å². The lowest BCUT2D eigenvalue weighted by Gasteiger charge is -2.10. The van der Waals surface area contributed by atoms with Gasteiger partial charge in [0.2, 0.25) is 0 Å². The average Bonchev–Trinajstić information content (AvgIpc) is 2.36. The Kier molecular flexibility index (Phi) is 5.71. The number of carbonyl (C=O) groups excluding carboxylic acids is 1. The van der Waals surface area contributed by atoms with Crippen LogP contribution in [0.15, 0.2) is 18.2 Å². The van der Waals surface area contributed by atoms with Crippen molar-refractivity contribution >= 4 is 17.9 Å². The van der Waals surface area contributed by atoms with Crippen LogP contribution < -0.4 is 0 Å². The van der Waals surface area contributed by atoms with Gasteiger partial charge in [-0.05, 0) is 30.5 Å². The zero-order valence-electron chi connectivity index (χ0n) is 11.1. The molecule has 0 unspecified atom stereocenters. The van der Waals surface area contributed by atoms with Gasteiger partial charge in [-0.1, -0.05) is 12.1 Å². The Bertz CT molecular complexity index is 520. The molecule has 20 heavy (non-hydrogen) atoms. The lowest BCUT2D eigenvalue weighted by Crippen LogP contribution is -2.11. The SMILES string of the molecule is CCOC(=O)c1ccc(CC(=O)O)cc1CCC(=O)O. The second-order valence-electron chi connectivity index (χ2n) is 4.18. The van der Waals surface area contributed by atoms with E-state index in [1.54, 1.807) is 13.0 Å². The van der Waals surface area contributed by atoms with Gasteiger partial charge in [0.15, 0.2) is 0 Å². The first kappa shape index (κ1) is 15.7. The predicted molar refractivity (Wildman–Crippen MR) is 69.7 cm³/mol. The van der Waals surface area contributed by atoms with Crippen molar-refractivity contribution in [2.24, 2.45) is 0 Å². The van der Waals surface area contributed by atoms with Crippen molar-refractivity contribution in [2.45, 2.75) is 26.2 Å². The molecule has 0 aliphatic heterocycles. The number of carboxylic acids is 2. The first-order valence-electron chi connectivity index (χ1n) is 6.16. The van der Waals surface area contributed by atoms with Crippen molar-refractivity contribution in [3.8, 4) is 0 Å². The van der Waals surface area contributed by atoms with Gasteiger partial charge in [0, 0.05) is 6.42 Å². The summed E-state index contributed by atoms with van der Waals surface area (Å²) in [6, 6.07) is 4.56. The minimum Gasteiger partial charge on any atom is -0.481 e. The minimum absolute atomic E-state index is 0.136. The third-order valence-electron chi connectivity index (χ3n) is 2.63. The Hall–Kier alpha value is -2.37.